The number of hydrogen-bond acceptors (Lipinski definition) is 4. The summed E-state index contributed by atoms with van der Waals surface area (Å²) in [4.78, 5) is 28.6. The molecule has 1 aliphatic carbocycles. The largest absolute Gasteiger partial charge is 0.478 e. The monoisotopic (exact) mass is 536 g/mol. The van der Waals surface area contributed by atoms with Crippen molar-refractivity contribution < 1.29 is 27.9 Å². The minimum absolute atomic E-state index is 0.115. The number of carbonyl (C=O) groups excluding carboxylic acids is 1. The maximum Gasteiger partial charge on any atom is 0.390 e. The summed E-state index contributed by atoms with van der Waals surface area (Å²) in [7, 11) is 0. The Kier molecular flexibility index (Phi) is 6.80. The molecule has 1 heterocycles. The Balaban J connectivity index is 1.57. The molecule has 0 saturated heterocycles. The van der Waals surface area contributed by atoms with Crippen LogP contribution in [0.1, 0.15) is 51.1 Å². The van der Waals surface area contributed by atoms with Gasteiger partial charge in [0.15, 0.2) is 0 Å². The summed E-state index contributed by atoms with van der Waals surface area (Å²) in [5, 5.41) is 15.3. The van der Waals surface area contributed by atoms with Gasteiger partial charge in [-0.05, 0) is 85.3 Å². The number of carbonyl (C=O) groups is 2. The molecule has 202 valence electrons. The van der Waals surface area contributed by atoms with Gasteiger partial charge in [-0.2, -0.15) is 13.2 Å². The van der Waals surface area contributed by atoms with Crippen LogP contribution in [0.25, 0.3) is 27.8 Å². The van der Waals surface area contributed by atoms with Crippen LogP contribution in [-0.2, 0) is 0 Å². The molecule has 0 aliphatic heterocycles. The zero-order chi connectivity index (χ0) is 27.9. The van der Waals surface area contributed by atoms with Crippen LogP contribution in [0.4, 0.5) is 18.9 Å². The molecule has 3 N–H and O–H groups in total. The van der Waals surface area contributed by atoms with E-state index in [-0.39, 0.29) is 24.1 Å². The molecule has 1 aromatic heterocycles. The van der Waals surface area contributed by atoms with E-state index in [2.05, 4.69) is 15.6 Å². The Morgan fingerprint density at radius 2 is 1.72 bits per heavy atom. The van der Waals surface area contributed by atoms with E-state index in [9.17, 15) is 27.9 Å². The number of nitrogens with zero attached hydrogens (tertiary/aromatic N) is 2. The molecule has 1 saturated carbocycles. The van der Waals surface area contributed by atoms with Crippen molar-refractivity contribution in [3.63, 3.8) is 0 Å². The van der Waals surface area contributed by atoms with Crippen LogP contribution in [0.5, 0.6) is 0 Å². The van der Waals surface area contributed by atoms with Crippen LogP contribution in [0.2, 0.25) is 0 Å². The van der Waals surface area contributed by atoms with Crippen molar-refractivity contribution in [2.24, 2.45) is 0 Å². The van der Waals surface area contributed by atoms with E-state index in [0.717, 1.165) is 24.1 Å². The molecule has 3 aromatic carbocycles. The van der Waals surface area contributed by atoms with E-state index in [4.69, 9.17) is 0 Å². The zero-order valence-corrected chi connectivity index (χ0v) is 21.4. The molecule has 10 heteroatoms. The first-order valence-electron chi connectivity index (χ1n) is 12.6. The predicted octanol–water partition coefficient (Wildman–Crippen LogP) is 6.26. The number of carboxylic acid groups (broad SMARTS) is 1. The topological polar surface area (TPSA) is 96.3 Å². The number of amides is 1. The molecular weight excluding hydrogens is 509 g/mol. The maximum absolute atomic E-state index is 12.9. The molecule has 1 amide bonds. The molecule has 1 fully saturated rings. The smallest absolute Gasteiger partial charge is 0.390 e. The Labute approximate surface area is 222 Å². The minimum Gasteiger partial charge on any atom is -0.478 e. The van der Waals surface area contributed by atoms with E-state index in [1.807, 2.05) is 29.7 Å². The van der Waals surface area contributed by atoms with Gasteiger partial charge in [0.05, 0.1) is 23.2 Å². The fourth-order valence-electron chi connectivity index (χ4n) is 4.59. The number of nitrogens with one attached hydrogen (secondary N) is 2. The van der Waals surface area contributed by atoms with E-state index < -0.39 is 18.6 Å². The van der Waals surface area contributed by atoms with Crippen LogP contribution in [-0.4, -0.2) is 45.3 Å². The van der Waals surface area contributed by atoms with E-state index in [1.54, 1.807) is 37.5 Å². The van der Waals surface area contributed by atoms with E-state index in [1.165, 1.54) is 6.07 Å². The number of imidazole rings is 1. The van der Waals surface area contributed by atoms with Gasteiger partial charge in [0.2, 0.25) is 0 Å². The molecule has 5 rings (SSSR count). The fraction of sp³-hybridized carbons (Fsp3) is 0.276. The summed E-state index contributed by atoms with van der Waals surface area (Å²) in [6, 6.07) is 14.2. The second-order valence-corrected chi connectivity index (χ2v) is 9.88. The highest BCUT2D eigenvalue weighted by molar-refractivity contribution is 5.97. The van der Waals surface area contributed by atoms with Gasteiger partial charge in [-0.25, -0.2) is 9.78 Å². The fourth-order valence-corrected chi connectivity index (χ4v) is 4.59. The summed E-state index contributed by atoms with van der Waals surface area (Å²) in [5.74, 6) is -1.15. The minimum atomic E-state index is -4.31. The summed E-state index contributed by atoms with van der Waals surface area (Å²) in [6.45, 7) is 3.23. The average molecular weight is 537 g/mol. The highest BCUT2D eigenvalue weighted by Gasteiger charge is 2.27. The first kappa shape index (κ1) is 26.3. The van der Waals surface area contributed by atoms with Crippen LogP contribution >= 0.6 is 0 Å². The number of aryl methyl sites for hydroxylation is 2. The number of benzene rings is 3. The molecule has 0 unspecified atom stereocenters. The van der Waals surface area contributed by atoms with Crippen molar-refractivity contribution in [2.45, 2.75) is 45.3 Å². The highest BCUT2D eigenvalue weighted by Crippen LogP contribution is 2.33. The Hall–Kier alpha value is -4.34. The van der Waals surface area contributed by atoms with Crippen LogP contribution in [0.3, 0.4) is 0 Å². The lowest BCUT2D eigenvalue weighted by Crippen LogP contribution is -2.26. The number of aromatic carboxylic acids is 1. The average Bonchev–Trinajstić information content (AvgIpc) is 3.57. The van der Waals surface area contributed by atoms with Gasteiger partial charge in [-0.3, -0.25) is 9.36 Å². The summed E-state index contributed by atoms with van der Waals surface area (Å²) in [5.41, 5.74) is 5.84. The SMILES string of the molecule is Cc1cc(-c2cc(NCCC(F)(F)F)c3ncn(-c4ccc(C(=O)NC5CC5)c(C)c4)c3c2)ccc1C(=O)O. The van der Waals surface area contributed by atoms with Gasteiger partial charge >= 0.3 is 12.1 Å². The quantitative estimate of drug-likeness (QED) is 0.247. The summed E-state index contributed by atoms with van der Waals surface area (Å²) < 4.78 is 40.4. The van der Waals surface area contributed by atoms with Gasteiger partial charge in [0.1, 0.15) is 11.8 Å². The molecule has 0 radical (unpaired) electrons. The second kappa shape index (κ2) is 10.1. The van der Waals surface area contributed by atoms with Gasteiger partial charge in [0.25, 0.3) is 5.91 Å². The third kappa shape index (κ3) is 5.74. The molecule has 0 bridgehead atoms. The van der Waals surface area contributed by atoms with Crippen molar-refractivity contribution in [3.8, 4) is 16.8 Å². The number of rotatable bonds is 8. The maximum atomic E-state index is 12.9. The molecule has 1 aliphatic rings. The van der Waals surface area contributed by atoms with Crippen LogP contribution in [0.15, 0.2) is 54.9 Å². The standard InChI is InChI=1S/C29H27F3N4O3/c1-16-11-18(3-7-23(16)28(38)39)19-13-24(33-10-9-29(30,31)32)26-25(14-19)36(15-34-26)21-6-8-22(17(2)12-21)27(37)35-20-4-5-20/h3,6-8,11-15,20,33H,4-5,9-10H2,1-2H3,(H,35,37)(H,38,39). The lowest BCUT2D eigenvalue weighted by Gasteiger charge is -2.14. The lowest BCUT2D eigenvalue weighted by molar-refractivity contribution is -0.131. The number of hydrogen-bond donors (Lipinski definition) is 3. The summed E-state index contributed by atoms with van der Waals surface area (Å²) in [6.07, 6.45) is -1.73. The van der Waals surface area contributed by atoms with Crippen molar-refractivity contribution in [3.05, 3.63) is 77.1 Å². The summed E-state index contributed by atoms with van der Waals surface area (Å²) >= 11 is 0. The number of alkyl halides is 3. The lowest BCUT2D eigenvalue weighted by atomic mass is 9.98. The molecule has 39 heavy (non-hydrogen) atoms. The Morgan fingerprint density at radius 3 is 2.36 bits per heavy atom. The first-order chi connectivity index (χ1) is 18.5. The first-order valence-corrected chi connectivity index (χ1v) is 12.6. The molecule has 7 nitrogen and oxygen atoms in total. The molecule has 4 aromatic rings. The Bertz CT molecular complexity index is 1590. The van der Waals surface area contributed by atoms with Crippen molar-refractivity contribution in [2.75, 3.05) is 11.9 Å². The van der Waals surface area contributed by atoms with E-state index >= 15 is 0 Å². The highest BCUT2D eigenvalue weighted by atomic mass is 19.4. The van der Waals surface area contributed by atoms with Gasteiger partial charge < -0.3 is 15.7 Å². The molecule has 0 spiro atoms. The van der Waals surface area contributed by atoms with Crippen molar-refractivity contribution in [1.82, 2.24) is 14.9 Å². The zero-order valence-electron chi connectivity index (χ0n) is 21.4. The number of carboxylic acids is 1. The van der Waals surface area contributed by atoms with Crippen LogP contribution in [0, 0.1) is 13.8 Å². The number of halogens is 3. The van der Waals surface area contributed by atoms with Gasteiger partial charge in [0, 0.05) is 23.8 Å². The number of fused-ring (bicyclic) bond motifs is 1. The van der Waals surface area contributed by atoms with Crippen molar-refractivity contribution >= 4 is 28.6 Å². The molecule has 0 atom stereocenters. The van der Waals surface area contributed by atoms with Crippen LogP contribution < -0.4 is 10.6 Å². The number of anilines is 1. The van der Waals surface area contributed by atoms with Gasteiger partial charge in [-0.15, -0.1) is 0 Å². The Morgan fingerprint density at radius 1 is 1.00 bits per heavy atom. The molecular formula is C29H27F3N4O3. The third-order valence-corrected chi connectivity index (χ3v) is 6.81. The third-order valence-electron chi connectivity index (χ3n) is 6.81. The normalized spacial score (nSPS) is 13.5. The second-order valence-electron chi connectivity index (χ2n) is 9.88. The van der Waals surface area contributed by atoms with Gasteiger partial charge in [-0.1, -0.05) is 12.1 Å². The van der Waals surface area contributed by atoms with Crippen molar-refractivity contribution in [1.29, 1.82) is 0 Å². The predicted molar refractivity (Wildman–Crippen MR) is 143 cm³/mol. The van der Waals surface area contributed by atoms with E-state index in [0.29, 0.717) is 39.0 Å². The number of aromatic nitrogens is 2.